The fourth-order valence-corrected chi connectivity index (χ4v) is 3.39. The van der Waals surface area contributed by atoms with Gasteiger partial charge < -0.3 is 15.3 Å². The Morgan fingerprint density at radius 1 is 1.45 bits per heavy atom. The molecule has 6 nitrogen and oxygen atoms in total. The van der Waals surface area contributed by atoms with E-state index in [0.717, 1.165) is 0 Å². The summed E-state index contributed by atoms with van der Waals surface area (Å²) in [7, 11) is 0. The fourth-order valence-electron chi connectivity index (χ4n) is 2.75. The van der Waals surface area contributed by atoms with Crippen LogP contribution >= 0.6 is 11.3 Å². The maximum Gasteiger partial charge on any atom is 0.308 e. The first-order valence-corrected chi connectivity index (χ1v) is 8.22. The molecule has 0 bridgehead atoms. The molecule has 0 aromatic carbocycles. The van der Waals surface area contributed by atoms with Crippen molar-refractivity contribution in [3.05, 3.63) is 22.4 Å². The average Bonchev–Trinajstić information content (AvgIpc) is 3.01. The van der Waals surface area contributed by atoms with E-state index in [0.29, 0.717) is 24.3 Å². The molecule has 1 aliphatic heterocycles. The van der Waals surface area contributed by atoms with Gasteiger partial charge in [0.25, 0.3) is 5.91 Å². The molecule has 2 amide bonds. The van der Waals surface area contributed by atoms with Gasteiger partial charge in [-0.15, -0.1) is 11.3 Å². The highest BCUT2D eigenvalue weighted by atomic mass is 32.1. The van der Waals surface area contributed by atoms with Gasteiger partial charge in [-0.25, -0.2) is 0 Å². The van der Waals surface area contributed by atoms with E-state index in [4.69, 9.17) is 5.11 Å². The molecule has 7 heteroatoms. The normalized spacial score (nSPS) is 21.4. The smallest absolute Gasteiger partial charge is 0.308 e. The summed E-state index contributed by atoms with van der Waals surface area (Å²) in [5.74, 6) is -1.64. The molecule has 1 saturated heterocycles. The van der Waals surface area contributed by atoms with Crippen LogP contribution in [0.5, 0.6) is 0 Å². The van der Waals surface area contributed by atoms with Gasteiger partial charge in [0.2, 0.25) is 5.91 Å². The van der Waals surface area contributed by atoms with Crippen molar-refractivity contribution < 1.29 is 19.5 Å². The van der Waals surface area contributed by atoms with Gasteiger partial charge in [-0.05, 0) is 31.2 Å². The summed E-state index contributed by atoms with van der Waals surface area (Å²) in [6.45, 7) is 2.62. The van der Waals surface area contributed by atoms with Crippen LogP contribution in [0.1, 0.15) is 35.9 Å². The van der Waals surface area contributed by atoms with Gasteiger partial charge in [0.1, 0.15) is 0 Å². The lowest BCUT2D eigenvalue weighted by molar-refractivity contribution is -0.149. The van der Waals surface area contributed by atoms with Crippen LogP contribution in [-0.4, -0.2) is 46.9 Å². The first-order chi connectivity index (χ1) is 10.5. The minimum absolute atomic E-state index is 0.107. The van der Waals surface area contributed by atoms with E-state index in [9.17, 15) is 14.4 Å². The number of likely N-dealkylation sites (tertiary alicyclic amines) is 1. The quantitative estimate of drug-likeness (QED) is 0.861. The molecule has 22 heavy (non-hydrogen) atoms. The second kappa shape index (κ2) is 7.40. The summed E-state index contributed by atoms with van der Waals surface area (Å²) in [5, 5.41) is 13.7. The maximum absolute atomic E-state index is 12.2. The number of hydrogen-bond donors (Lipinski definition) is 2. The highest BCUT2D eigenvalue weighted by Gasteiger charge is 2.34. The Balaban J connectivity index is 1.81. The van der Waals surface area contributed by atoms with Gasteiger partial charge in [0.15, 0.2) is 0 Å². The Morgan fingerprint density at radius 3 is 2.86 bits per heavy atom. The Bertz CT molecular complexity index is 544. The molecule has 1 fully saturated rings. The van der Waals surface area contributed by atoms with E-state index in [2.05, 4.69) is 5.32 Å². The van der Waals surface area contributed by atoms with Crippen LogP contribution in [-0.2, 0) is 9.59 Å². The minimum atomic E-state index is -0.851. The first kappa shape index (κ1) is 16.5. The lowest BCUT2D eigenvalue weighted by atomic mass is 9.90. The van der Waals surface area contributed by atoms with E-state index < -0.39 is 11.9 Å². The Hall–Kier alpha value is -1.89. The van der Waals surface area contributed by atoms with Crippen molar-refractivity contribution in [3.63, 3.8) is 0 Å². The van der Waals surface area contributed by atoms with Gasteiger partial charge in [0, 0.05) is 25.6 Å². The Morgan fingerprint density at radius 2 is 2.23 bits per heavy atom. The number of carboxylic acid groups (broad SMARTS) is 1. The molecule has 2 rings (SSSR count). The molecular weight excluding hydrogens is 304 g/mol. The summed E-state index contributed by atoms with van der Waals surface area (Å²) in [4.78, 5) is 37.4. The third-order valence-electron chi connectivity index (χ3n) is 4.00. The second-order valence-electron chi connectivity index (χ2n) is 5.40. The number of carbonyl (C=O) groups excluding carboxylic acids is 2. The number of carbonyl (C=O) groups is 3. The monoisotopic (exact) mass is 324 g/mol. The van der Waals surface area contributed by atoms with Crippen molar-refractivity contribution in [2.75, 3.05) is 13.1 Å². The van der Waals surface area contributed by atoms with Crippen molar-refractivity contribution in [1.82, 2.24) is 10.2 Å². The molecule has 0 spiro atoms. The van der Waals surface area contributed by atoms with Crippen LogP contribution in [0.15, 0.2) is 17.5 Å². The number of thiophene rings is 1. The van der Waals surface area contributed by atoms with Crippen molar-refractivity contribution >= 4 is 29.1 Å². The van der Waals surface area contributed by atoms with Crippen molar-refractivity contribution in [1.29, 1.82) is 0 Å². The first-order valence-electron chi connectivity index (χ1n) is 7.34. The standard InChI is InChI=1S/C15H20N2O4S/c1-10-11(15(20)21)4-2-8-17(10)13(18)6-7-16-14(19)12-5-3-9-22-12/h3,5,9-11H,2,4,6-8H2,1H3,(H,16,19)(H,20,21)/t10-,11-/m1/s1. The van der Waals surface area contributed by atoms with Gasteiger partial charge in [-0.2, -0.15) is 0 Å². The van der Waals surface area contributed by atoms with Crippen molar-refractivity contribution in [2.24, 2.45) is 5.92 Å². The molecule has 0 saturated carbocycles. The van der Waals surface area contributed by atoms with Crippen LogP contribution < -0.4 is 5.32 Å². The number of piperidine rings is 1. The molecule has 0 radical (unpaired) electrons. The van der Waals surface area contributed by atoms with Crippen LogP contribution in [0, 0.1) is 5.92 Å². The predicted octanol–water partition coefficient (Wildman–Crippen LogP) is 1.58. The zero-order valence-electron chi connectivity index (χ0n) is 12.4. The summed E-state index contributed by atoms with van der Waals surface area (Å²) in [5.41, 5.74) is 0. The summed E-state index contributed by atoms with van der Waals surface area (Å²) < 4.78 is 0. The van der Waals surface area contributed by atoms with Gasteiger partial charge >= 0.3 is 5.97 Å². The van der Waals surface area contributed by atoms with E-state index in [1.165, 1.54) is 11.3 Å². The van der Waals surface area contributed by atoms with Crippen LogP contribution in [0.2, 0.25) is 0 Å². The van der Waals surface area contributed by atoms with Crippen LogP contribution in [0.4, 0.5) is 0 Å². The maximum atomic E-state index is 12.2. The SMILES string of the molecule is C[C@@H]1[C@H](C(=O)O)CCCN1C(=O)CCNC(=O)c1cccs1. The number of carboxylic acids is 1. The third kappa shape index (κ3) is 3.85. The van der Waals surface area contributed by atoms with Gasteiger partial charge in [-0.1, -0.05) is 6.07 Å². The molecule has 1 aromatic rings. The molecule has 1 aromatic heterocycles. The average molecular weight is 324 g/mol. The van der Waals surface area contributed by atoms with Crippen LogP contribution in [0.3, 0.4) is 0 Å². The van der Waals surface area contributed by atoms with Gasteiger partial charge in [-0.3, -0.25) is 14.4 Å². The topological polar surface area (TPSA) is 86.7 Å². The second-order valence-corrected chi connectivity index (χ2v) is 6.35. The fraction of sp³-hybridized carbons (Fsp3) is 0.533. The Labute approximate surface area is 133 Å². The highest BCUT2D eigenvalue weighted by molar-refractivity contribution is 7.12. The molecular formula is C15H20N2O4S. The van der Waals surface area contributed by atoms with Crippen LogP contribution in [0.25, 0.3) is 0 Å². The van der Waals surface area contributed by atoms with E-state index >= 15 is 0 Å². The molecule has 2 N–H and O–H groups in total. The largest absolute Gasteiger partial charge is 0.481 e. The van der Waals surface area contributed by atoms with Gasteiger partial charge in [0.05, 0.1) is 10.8 Å². The number of amides is 2. The molecule has 2 heterocycles. The number of hydrogen-bond acceptors (Lipinski definition) is 4. The zero-order valence-corrected chi connectivity index (χ0v) is 13.3. The summed E-state index contributed by atoms with van der Waals surface area (Å²) in [6.07, 6.45) is 1.50. The number of nitrogens with one attached hydrogen (secondary N) is 1. The van der Waals surface area contributed by atoms with Crippen molar-refractivity contribution in [2.45, 2.75) is 32.2 Å². The van der Waals surface area contributed by atoms with Crippen molar-refractivity contribution in [3.8, 4) is 0 Å². The number of nitrogens with zero attached hydrogens (tertiary/aromatic N) is 1. The zero-order chi connectivity index (χ0) is 16.1. The third-order valence-corrected chi connectivity index (χ3v) is 4.86. The lowest BCUT2D eigenvalue weighted by Gasteiger charge is -2.37. The molecule has 1 aliphatic rings. The minimum Gasteiger partial charge on any atom is -0.481 e. The molecule has 0 aliphatic carbocycles. The Kier molecular flexibility index (Phi) is 5.54. The number of rotatable bonds is 5. The summed E-state index contributed by atoms with van der Waals surface area (Å²) in [6, 6.07) is 3.23. The molecule has 120 valence electrons. The lowest BCUT2D eigenvalue weighted by Crippen LogP contribution is -2.49. The molecule has 0 unspecified atom stereocenters. The highest BCUT2D eigenvalue weighted by Crippen LogP contribution is 2.24. The summed E-state index contributed by atoms with van der Waals surface area (Å²) >= 11 is 1.35. The number of aliphatic carboxylic acids is 1. The van der Waals surface area contributed by atoms with E-state index in [1.807, 2.05) is 5.38 Å². The van der Waals surface area contributed by atoms with E-state index in [-0.39, 0.29) is 30.8 Å². The predicted molar refractivity (Wildman–Crippen MR) is 82.8 cm³/mol. The molecule has 2 atom stereocenters. The van der Waals surface area contributed by atoms with E-state index in [1.54, 1.807) is 24.0 Å².